The minimum atomic E-state index is -0.788. The maximum atomic E-state index is 12.6. The van der Waals surface area contributed by atoms with Crippen molar-refractivity contribution in [2.45, 2.75) is 57.7 Å². The van der Waals surface area contributed by atoms with Crippen molar-refractivity contribution in [3.8, 4) is 0 Å². The minimum Gasteiger partial charge on any atom is -0.481 e. The molecule has 2 aromatic rings. The van der Waals surface area contributed by atoms with Crippen molar-refractivity contribution in [2.24, 2.45) is 11.8 Å². The smallest absolute Gasteiger partial charge is 0.303 e. The number of carbonyl (C=O) groups excluding carboxylic acids is 1. The molecule has 1 fully saturated rings. The number of carbonyl (C=O) groups is 2. The van der Waals surface area contributed by atoms with Crippen LogP contribution in [-0.2, 0) is 28.9 Å². The van der Waals surface area contributed by atoms with E-state index in [9.17, 15) is 9.59 Å². The van der Waals surface area contributed by atoms with Crippen LogP contribution in [0.4, 0.5) is 0 Å². The molecular weight excluding hydrogens is 384 g/mol. The van der Waals surface area contributed by atoms with Crippen LogP contribution in [-0.4, -0.2) is 22.2 Å². The Morgan fingerprint density at radius 3 is 2.59 bits per heavy atom. The Morgan fingerprint density at radius 1 is 1.10 bits per heavy atom. The van der Waals surface area contributed by atoms with Gasteiger partial charge in [-0.25, -0.2) is 0 Å². The third kappa shape index (κ3) is 5.70. The molecule has 0 spiro atoms. The summed E-state index contributed by atoms with van der Waals surface area (Å²) < 4.78 is 0. The highest BCUT2D eigenvalue weighted by molar-refractivity contribution is 6.23. The van der Waals surface area contributed by atoms with E-state index in [1.807, 2.05) is 12.1 Å². The first kappa shape index (κ1) is 21.6. The van der Waals surface area contributed by atoms with E-state index in [0.717, 1.165) is 30.4 Å². The van der Waals surface area contributed by atoms with Gasteiger partial charge in [0.15, 0.2) is 0 Å². The van der Waals surface area contributed by atoms with Crippen LogP contribution in [0.2, 0.25) is 0 Å². The molecule has 0 amide bonds. The number of hydrogen-bond acceptors (Lipinski definition) is 2. The lowest BCUT2D eigenvalue weighted by Crippen LogP contribution is -2.21. The molecule has 154 valence electrons. The lowest BCUT2D eigenvalue weighted by atomic mass is 9.84. The van der Waals surface area contributed by atoms with E-state index in [1.54, 1.807) is 0 Å². The number of hydrogen-bond donors (Lipinski definition) is 1. The largest absolute Gasteiger partial charge is 0.481 e. The van der Waals surface area contributed by atoms with Crippen molar-refractivity contribution >= 4 is 23.4 Å². The van der Waals surface area contributed by atoms with Crippen LogP contribution in [0, 0.1) is 25.7 Å². The Labute approximate surface area is 178 Å². The number of rotatable bonds is 8. The van der Waals surface area contributed by atoms with Crippen LogP contribution in [0.5, 0.6) is 0 Å². The molecule has 0 aliphatic heterocycles. The van der Waals surface area contributed by atoms with Gasteiger partial charge in [0, 0.05) is 24.1 Å². The summed E-state index contributed by atoms with van der Waals surface area (Å²) in [6, 6.07) is 14.5. The Bertz CT molecular complexity index is 889. The second-order valence-corrected chi connectivity index (χ2v) is 8.90. The van der Waals surface area contributed by atoms with Crippen LogP contribution in [0.15, 0.2) is 42.5 Å². The molecule has 1 aliphatic rings. The predicted molar refractivity (Wildman–Crippen MR) is 117 cm³/mol. The average Bonchev–Trinajstić information content (AvgIpc) is 2.93. The Balaban J connectivity index is 1.69. The topological polar surface area (TPSA) is 54.4 Å². The zero-order valence-electron chi connectivity index (χ0n) is 17.2. The Morgan fingerprint density at radius 2 is 1.86 bits per heavy atom. The summed E-state index contributed by atoms with van der Waals surface area (Å²) in [4.78, 5) is 23.5. The monoisotopic (exact) mass is 412 g/mol. The Hall–Kier alpha value is -2.13. The first-order valence-electron chi connectivity index (χ1n) is 10.4. The lowest BCUT2D eigenvalue weighted by Gasteiger charge is -2.21. The number of halogens is 1. The van der Waals surface area contributed by atoms with Crippen LogP contribution in [0.1, 0.15) is 47.1 Å². The second-order valence-electron chi connectivity index (χ2n) is 8.34. The van der Waals surface area contributed by atoms with Gasteiger partial charge in [-0.3, -0.25) is 9.59 Å². The molecule has 1 saturated carbocycles. The number of alkyl halides is 1. The molecule has 2 aromatic carbocycles. The number of Topliss-reactive ketones (excluding diaryl/α,β-unsaturated/α-hetero) is 1. The number of aliphatic carboxylic acids is 1. The summed E-state index contributed by atoms with van der Waals surface area (Å²) in [5.41, 5.74) is 5.99. The van der Waals surface area contributed by atoms with Crippen LogP contribution in [0.25, 0.3) is 0 Å². The van der Waals surface area contributed by atoms with Gasteiger partial charge in [0.2, 0.25) is 0 Å². The lowest BCUT2D eigenvalue weighted by molar-refractivity contribution is -0.137. The zero-order valence-corrected chi connectivity index (χ0v) is 17.9. The molecule has 0 aromatic heterocycles. The number of carboxylic acids is 1. The fraction of sp³-hybridized carbons (Fsp3) is 0.440. The van der Waals surface area contributed by atoms with Crippen molar-refractivity contribution < 1.29 is 14.7 Å². The molecule has 1 aliphatic carbocycles. The quantitative estimate of drug-likeness (QED) is 0.598. The van der Waals surface area contributed by atoms with E-state index in [4.69, 9.17) is 16.7 Å². The fourth-order valence-corrected chi connectivity index (χ4v) is 4.92. The third-order valence-electron chi connectivity index (χ3n) is 6.10. The van der Waals surface area contributed by atoms with Gasteiger partial charge in [-0.15, -0.1) is 11.6 Å². The van der Waals surface area contributed by atoms with Crippen LogP contribution >= 0.6 is 11.6 Å². The highest BCUT2D eigenvalue weighted by Gasteiger charge is 2.40. The van der Waals surface area contributed by atoms with Gasteiger partial charge in [0.25, 0.3) is 0 Å². The molecule has 4 heteroatoms. The third-order valence-corrected chi connectivity index (χ3v) is 6.58. The number of aryl methyl sites for hydroxylation is 4. The first-order chi connectivity index (χ1) is 13.8. The van der Waals surface area contributed by atoms with Gasteiger partial charge in [-0.1, -0.05) is 48.0 Å². The molecule has 1 unspecified atom stereocenters. The summed E-state index contributed by atoms with van der Waals surface area (Å²) in [5, 5.41) is 8.77. The summed E-state index contributed by atoms with van der Waals surface area (Å²) >= 11 is 6.60. The molecule has 0 heterocycles. The summed E-state index contributed by atoms with van der Waals surface area (Å²) in [5.74, 6) is -0.392. The molecular formula is C25H29ClO3. The molecule has 0 saturated heterocycles. The first-order valence-corrected chi connectivity index (χ1v) is 10.8. The van der Waals surface area contributed by atoms with Crippen molar-refractivity contribution in [2.75, 3.05) is 0 Å². The highest BCUT2D eigenvalue weighted by atomic mass is 35.5. The molecule has 3 nitrogen and oxygen atoms in total. The maximum absolute atomic E-state index is 12.6. The zero-order chi connectivity index (χ0) is 21.0. The molecule has 0 bridgehead atoms. The predicted octanol–water partition coefficient (Wildman–Crippen LogP) is 5.31. The van der Waals surface area contributed by atoms with Gasteiger partial charge in [0.1, 0.15) is 5.78 Å². The average molecular weight is 413 g/mol. The van der Waals surface area contributed by atoms with Crippen molar-refractivity contribution in [3.05, 3.63) is 70.3 Å². The van der Waals surface area contributed by atoms with Crippen molar-refractivity contribution in [3.63, 3.8) is 0 Å². The molecule has 29 heavy (non-hydrogen) atoms. The van der Waals surface area contributed by atoms with E-state index in [-0.39, 0.29) is 29.4 Å². The van der Waals surface area contributed by atoms with E-state index in [1.165, 1.54) is 16.7 Å². The SMILES string of the molecule is Cc1ccc(CC[C@H]2C(=O)CC(Cl)[C@@H]2Cc2cccc(CCC(=O)O)c2)c(C)c1. The summed E-state index contributed by atoms with van der Waals surface area (Å²) in [7, 11) is 0. The number of carboxylic acid groups (broad SMARTS) is 1. The fourth-order valence-electron chi connectivity index (χ4n) is 4.50. The van der Waals surface area contributed by atoms with Gasteiger partial charge in [-0.2, -0.15) is 0 Å². The highest BCUT2D eigenvalue weighted by Crippen LogP contribution is 2.38. The van der Waals surface area contributed by atoms with E-state index >= 15 is 0 Å². The second kappa shape index (κ2) is 9.58. The van der Waals surface area contributed by atoms with E-state index < -0.39 is 5.97 Å². The number of ketones is 1. The minimum absolute atomic E-state index is 0.0131. The number of benzene rings is 2. The maximum Gasteiger partial charge on any atom is 0.303 e. The summed E-state index contributed by atoms with van der Waals surface area (Å²) in [6.07, 6.45) is 3.58. The van der Waals surface area contributed by atoms with Gasteiger partial charge < -0.3 is 5.11 Å². The molecule has 1 N–H and O–H groups in total. The van der Waals surface area contributed by atoms with E-state index in [0.29, 0.717) is 12.8 Å². The standard InChI is InChI=1S/C25H29ClO3/c1-16-6-8-20(17(2)12-16)9-10-21-22(23(26)15-24(21)27)14-19-5-3-4-18(13-19)7-11-25(28)29/h3-6,8,12-13,21-23H,7,9-11,14-15H2,1-2H3,(H,28,29)/t21-,22-,23?/m1/s1. The van der Waals surface area contributed by atoms with Gasteiger partial charge in [-0.05, 0) is 67.7 Å². The normalized spacial score (nSPS) is 21.5. The van der Waals surface area contributed by atoms with Crippen LogP contribution < -0.4 is 0 Å². The summed E-state index contributed by atoms with van der Waals surface area (Å²) in [6.45, 7) is 4.22. The van der Waals surface area contributed by atoms with Crippen LogP contribution in [0.3, 0.4) is 0 Å². The van der Waals surface area contributed by atoms with E-state index in [2.05, 4.69) is 44.2 Å². The Kier molecular flexibility index (Phi) is 7.13. The van der Waals surface area contributed by atoms with Gasteiger partial charge >= 0.3 is 5.97 Å². The molecule has 0 radical (unpaired) electrons. The molecule has 3 atom stereocenters. The van der Waals surface area contributed by atoms with Crippen molar-refractivity contribution in [1.82, 2.24) is 0 Å². The van der Waals surface area contributed by atoms with Crippen molar-refractivity contribution in [1.29, 1.82) is 0 Å². The van der Waals surface area contributed by atoms with Gasteiger partial charge in [0.05, 0.1) is 0 Å². The molecule has 3 rings (SSSR count).